The van der Waals surface area contributed by atoms with E-state index in [1.807, 2.05) is 0 Å². The average Bonchev–Trinajstić information content (AvgIpc) is 3.28. The summed E-state index contributed by atoms with van der Waals surface area (Å²) in [6.45, 7) is 5.31. The van der Waals surface area contributed by atoms with Crippen LogP contribution in [0, 0.1) is 0 Å². The molecule has 1 aromatic carbocycles. The van der Waals surface area contributed by atoms with Crippen LogP contribution in [0.2, 0.25) is 0 Å². The Morgan fingerprint density at radius 2 is 1.87 bits per heavy atom. The fourth-order valence-corrected chi connectivity index (χ4v) is 3.69. The number of carbonyl (C=O) groups is 1. The van der Waals surface area contributed by atoms with E-state index in [0.717, 1.165) is 18.9 Å². The highest BCUT2D eigenvalue weighted by atomic mass is 19.4. The van der Waals surface area contributed by atoms with Crippen LogP contribution in [0.25, 0.3) is 11.3 Å². The van der Waals surface area contributed by atoms with Gasteiger partial charge in [-0.3, -0.25) is 5.32 Å². The predicted octanol–water partition coefficient (Wildman–Crippen LogP) is 5.27. The van der Waals surface area contributed by atoms with Gasteiger partial charge in [0.25, 0.3) is 0 Å². The molecule has 1 saturated heterocycles. The van der Waals surface area contributed by atoms with Crippen LogP contribution < -0.4 is 10.6 Å². The highest BCUT2D eigenvalue weighted by molar-refractivity contribution is 5.91. The molecule has 1 fully saturated rings. The van der Waals surface area contributed by atoms with Crippen molar-refractivity contribution in [2.24, 2.45) is 0 Å². The van der Waals surface area contributed by atoms with E-state index in [1.54, 1.807) is 41.4 Å². The topological polar surface area (TPSA) is 57.3 Å². The third-order valence-corrected chi connectivity index (χ3v) is 5.17. The summed E-state index contributed by atoms with van der Waals surface area (Å²) < 4.78 is 40.4. The summed E-state index contributed by atoms with van der Waals surface area (Å²) in [6.07, 6.45) is 2.41. The largest absolute Gasteiger partial charge is 0.417 e. The molecule has 2 amide bonds. The van der Waals surface area contributed by atoms with E-state index in [-0.39, 0.29) is 11.6 Å². The maximum atomic E-state index is 13.5. The Bertz CT molecular complexity index is 1080. The van der Waals surface area contributed by atoms with Gasteiger partial charge < -0.3 is 10.2 Å². The summed E-state index contributed by atoms with van der Waals surface area (Å²) in [5.74, 6) is 0.380. The number of halogens is 3. The number of nitrogens with zero attached hydrogens (tertiary/aromatic N) is 2. The second-order valence-corrected chi connectivity index (χ2v) is 7.41. The third kappa shape index (κ3) is 4.63. The quantitative estimate of drug-likeness (QED) is 0.703. The molecule has 2 aliphatic heterocycles. The van der Waals surface area contributed by atoms with Gasteiger partial charge in [0.1, 0.15) is 5.82 Å². The number of hydrogen-bond donors (Lipinski definition) is 2. The molecule has 8 heteroatoms. The number of rotatable bonds is 3. The van der Waals surface area contributed by atoms with Gasteiger partial charge in [-0.1, -0.05) is 24.8 Å². The number of dihydropyridines is 1. The number of likely N-dealkylation sites (tertiary alicyclic amines) is 1. The lowest BCUT2D eigenvalue weighted by Crippen LogP contribution is -2.32. The van der Waals surface area contributed by atoms with Crippen LogP contribution in [0.3, 0.4) is 0 Å². The summed E-state index contributed by atoms with van der Waals surface area (Å²) >= 11 is 0. The lowest BCUT2D eigenvalue weighted by atomic mass is 9.96. The van der Waals surface area contributed by atoms with Crippen molar-refractivity contribution in [3.05, 3.63) is 83.7 Å². The van der Waals surface area contributed by atoms with Gasteiger partial charge in [0.15, 0.2) is 0 Å². The third-order valence-electron chi connectivity index (χ3n) is 5.17. The van der Waals surface area contributed by atoms with Gasteiger partial charge in [-0.25, -0.2) is 9.78 Å². The van der Waals surface area contributed by atoms with Crippen molar-refractivity contribution in [3.8, 4) is 0 Å². The van der Waals surface area contributed by atoms with E-state index >= 15 is 0 Å². The number of nitrogens with one attached hydrogen (secondary N) is 2. The smallest absolute Gasteiger partial charge is 0.355 e. The van der Waals surface area contributed by atoms with Crippen LogP contribution in [0.5, 0.6) is 0 Å². The molecule has 0 bridgehead atoms. The Morgan fingerprint density at radius 3 is 2.61 bits per heavy atom. The van der Waals surface area contributed by atoms with Crippen LogP contribution in [-0.2, 0) is 6.18 Å². The van der Waals surface area contributed by atoms with Crippen LogP contribution in [-0.4, -0.2) is 29.0 Å². The van der Waals surface area contributed by atoms with E-state index < -0.39 is 11.7 Å². The van der Waals surface area contributed by atoms with E-state index in [2.05, 4.69) is 22.2 Å². The molecule has 160 valence electrons. The molecule has 0 spiro atoms. The molecular weight excluding hydrogens is 405 g/mol. The molecule has 31 heavy (non-hydrogen) atoms. The van der Waals surface area contributed by atoms with Crippen molar-refractivity contribution in [1.29, 1.82) is 0 Å². The minimum atomic E-state index is -4.48. The molecule has 2 aliphatic rings. The van der Waals surface area contributed by atoms with Gasteiger partial charge in [-0.15, -0.1) is 0 Å². The van der Waals surface area contributed by atoms with Crippen molar-refractivity contribution in [2.45, 2.75) is 19.0 Å². The van der Waals surface area contributed by atoms with Crippen molar-refractivity contribution >= 4 is 23.1 Å². The van der Waals surface area contributed by atoms with Gasteiger partial charge in [-0.2, -0.15) is 13.2 Å². The maximum Gasteiger partial charge on any atom is 0.417 e. The number of benzene rings is 1. The second kappa shape index (κ2) is 8.29. The molecule has 0 saturated carbocycles. The number of anilines is 1. The summed E-state index contributed by atoms with van der Waals surface area (Å²) in [5.41, 5.74) is 1.44. The fraction of sp³-hybridized carbons (Fsp3) is 0.217. The number of carbonyl (C=O) groups excluding carboxylic acids is 1. The van der Waals surface area contributed by atoms with Gasteiger partial charge in [0.2, 0.25) is 0 Å². The number of pyridine rings is 1. The molecule has 2 aromatic rings. The Kier molecular flexibility index (Phi) is 5.54. The lowest BCUT2D eigenvalue weighted by Gasteiger charge is -2.22. The lowest BCUT2D eigenvalue weighted by molar-refractivity contribution is -0.137. The molecule has 0 radical (unpaired) electrons. The molecule has 1 aromatic heterocycles. The second-order valence-electron chi connectivity index (χ2n) is 7.41. The van der Waals surface area contributed by atoms with Crippen molar-refractivity contribution < 1.29 is 18.0 Å². The van der Waals surface area contributed by atoms with E-state index in [4.69, 9.17) is 0 Å². The first-order chi connectivity index (χ1) is 14.8. The Morgan fingerprint density at radius 1 is 1.13 bits per heavy atom. The average molecular weight is 426 g/mol. The number of amides is 2. The maximum absolute atomic E-state index is 13.5. The number of allylic oxidation sites excluding steroid dienone is 3. The Hall–Kier alpha value is -3.55. The minimum absolute atomic E-state index is 0.0402. The molecule has 0 unspecified atom stereocenters. The Labute approximate surface area is 178 Å². The van der Waals surface area contributed by atoms with Crippen LogP contribution >= 0.6 is 0 Å². The van der Waals surface area contributed by atoms with E-state index in [9.17, 15) is 18.0 Å². The first-order valence-electron chi connectivity index (χ1n) is 9.89. The zero-order chi connectivity index (χ0) is 22.0. The van der Waals surface area contributed by atoms with E-state index in [1.165, 1.54) is 12.1 Å². The van der Waals surface area contributed by atoms with Crippen molar-refractivity contribution in [1.82, 2.24) is 15.2 Å². The molecule has 0 aliphatic carbocycles. The zero-order valence-corrected chi connectivity index (χ0v) is 16.7. The number of urea groups is 1. The molecular formula is C23H21F3N4O. The fourth-order valence-electron chi connectivity index (χ4n) is 3.69. The standard InChI is InChI=1S/C23H21F3N4O/c1-15-12-17(13-20(28-15)18-6-2-3-7-19(18)23(24,25)26)16-8-9-27-21(14-16)29-22(31)30-10-4-5-11-30/h2-3,6-9,12-14,28H,1,4-5,10-11H2,(H,27,29,31). The summed E-state index contributed by atoms with van der Waals surface area (Å²) in [6, 6.07) is 8.62. The summed E-state index contributed by atoms with van der Waals surface area (Å²) in [5, 5.41) is 5.71. The van der Waals surface area contributed by atoms with Crippen LogP contribution in [0.15, 0.2) is 67.0 Å². The molecule has 4 rings (SSSR count). The highest BCUT2D eigenvalue weighted by Gasteiger charge is 2.34. The first-order valence-corrected chi connectivity index (χ1v) is 9.89. The highest BCUT2D eigenvalue weighted by Crippen LogP contribution is 2.36. The number of alkyl halides is 3. The Balaban J connectivity index is 1.64. The normalized spacial score (nSPS) is 16.5. The molecule has 3 heterocycles. The summed E-state index contributed by atoms with van der Waals surface area (Å²) in [4.78, 5) is 18.3. The molecule has 0 atom stereocenters. The van der Waals surface area contributed by atoms with Crippen molar-refractivity contribution in [2.75, 3.05) is 18.4 Å². The van der Waals surface area contributed by atoms with Gasteiger partial charge in [-0.05, 0) is 54.3 Å². The monoisotopic (exact) mass is 426 g/mol. The van der Waals surface area contributed by atoms with Crippen molar-refractivity contribution in [3.63, 3.8) is 0 Å². The minimum Gasteiger partial charge on any atom is -0.355 e. The zero-order valence-electron chi connectivity index (χ0n) is 16.7. The molecule has 5 nitrogen and oxygen atoms in total. The summed E-state index contributed by atoms with van der Waals surface area (Å²) in [7, 11) is 0. The van der Waals surface area contributed by atoms with Gasteiger partial charge in [0, 0.05) is 36.2 Å². The molecule has 2 N–H and O–H groups in total. The predicted molar refractivity (Wildman–Crippen MR) is 114 cm³/mol. The van der Waals surface area contributed by atoms with E-state index in [0.29, 0.717) is 41.4 Å². The van der Waals surface area contributed by atoms with Crippen LogP contribution in [0.1, 0.15) is 29.5 Å². The van der Waals surface area contributed by atoms with Gasteiger partial charge >= 0.3 is 12.2 Å². The number of hydrogen-bond acceptors (Lipinski definition) is 3. The number of aromatic nitrogens is 1. The SMILES string of the molecule is C=C1C=C(c2ccnc(NC(=O)N3CCCC3)c2)C=C(c2ccccc2C(F)(F)F)N1. The van der Waals surface area contributed by atoms with Gasteiger partial charge in [0.05, 0.1) is 5.56 Å². The first kappa shape index (κ1) is 20.7. The van der Waals surface area contributed by atoms with Crippen LogP contribution in [0.4, 0.5) is 23.8 Å².